The summed E-state index contributed by atoms with van der Waals surface area (Å²) in [7, 11) is -3.66. The Morgan fingerprint density at radius 1 is 1.23 bits per heavy atom. The molecule has 40 heavy (non-hydrogen) atoms. The summed E-state index contributed by atoms with van der Waals surface area (Å²) in [6, 6.07) is 6.28. The van der Waals surface area contributed by atoms with E-state index in [0.29, 0.717) is 24.2 Å². The summed E-state index contributed by atoms with van der Waals surface area (Å²) in [5.41, 5.74) is 2.43. The van der Waals surface area contributed by atoms with Gasteiger partial charge < -0.3 is 15.4 Å². The number of halogens is 3. The van der Waals surface area contributed by atoms with Crippen LogP contribution >= 0.6 is 0 Å². The Morgan fingerprint density at radius 2 is 1.98 bits per heavy atom. The Kier molecular flexibility index (Phi) is 6.59. The van der Waals surface area contributed by atoms with Crippen molar-refractivity contribution in [3.05, 3.63) is 57.9 Å². The van der Waals surface area contributed by atoms with Gasteiger partial charge in [-0.2, -0.15) is 28.1 Å². The molecule has 1 atom stereocenters. The molecule has 0 radical (unpaired) electrons. The first-order valence-corrected chi connectivity index (χ1v) is 14.3. The van der Waals surface area contributed by atoms with E-state index in [4.69, 9.17) is 4.74 Å². The summed E-state index contributed by atoms with van der Waals surface area (Å²) in [6.45, 7) is 2.16. The van der Waals surface area contributed by atoms with E-state index in [1.54, 1.807) is 19.1 Å². The first kappa shape index (κ1) is 27.6. The fraction of sp³-hybridized carbons (Fsp3) is 0.400. The number of benzene rings is 1. The van der Waals surface area contributed by atoms with E-state index in [9.17, 15) is 31.2 Å². The third-order valence-corrected chi connectivity index (χ3v) is 7.70. The highest BCUT2D eigenvalue weighted by atomic mass is 32.2. The van der Waals surface area contributed by atoms with E-state index in [1.165, 1.54) is 16.8 Å². The molecule has 5 rings (SSSR count). The Morgan fingerprint density at radius 3 is 2.65 bits per heavy atom. The first-order valence-electron chi connectivity index (χ1n) is 12.2. The van der Waals surface area contributed by atoms with E-state index in [2.05, 4.69) is 25.9 Å². The number of alkyl halides is 3. The summed E-state index contributed by atoms with van der Waals surface area (Å²) in [5.74, 6) is -1.96. The molecule has 3 heterocycles. The number of fused-ring (bicyclic) bond motifs is 3. The van der Waals surface area contributed by atoms with Gasteiger partial charge in [-0.1, -0.05) is 6.07 Å². The van der Waals surface area contributed by atoms with Crippen LogP contribution < -0.4 is 15.4 Å². The van der Waals surface area contributed by atoms with Crippen LogP contribution in [0.5, 0.6) is 5.75 Å². The van der Waals surface area contributed by atoms with E-state index in [-0.39, 0.29) is 29.4 Å². The van der Waals surface area contributed by atoms with Gasteiger partial charge in [0.1, 0.15) is 17.1 Å². The van der Waals surface area contributed by atoms with Crippen LogP contribution in [0.15, 0.2) is 24.3 Å². The number of hydrogen-bond acceptors (Lipinski definition) is 8. The zero-order valence-corrected chi connectivity index (χ0v) is 22.5. The minimum atomic E-state index is -4.47. The predicted molar refractivity (Wildman–Crippen MR) is 136 cm³/mol. The van der Waals surface area contributed by atoms with Crippen molar-refractivity contribution in [2.75, 3.05) is 23.9 Å². The van der Waals surface area contributed by atoms with Gasteiger partial charge >= 0.3 is 6.18 Å². The van der Waals surface area contributed by atoms with E-state index >= 15 is 0 Å². The number of hydrogen-bond donors (Lipinski definition) is 2. The van der Waals surface area contributed by atoms with Crippen molar-refractivity contribution < 1.29 is 35.9 Å². The Hall–Kier alpha value is -4.01. The molecule has 2 amide bonds. The van der Waals surface area contributed by atoms with Crippen molar-refractivity contribution in [3.8, 4) is 11.6 Å². The van der Waals surface area contributed by atoms with Gasteiger partial charge in [0.05, 0.1) is 16.9 Å². The Labute approximate surface area is 227 Å². The minimum absolute atomic E-state index is 0.0392. The molecule has 3 aromatic rings. The standard InChI is InChI=1S/C25H25F3N6O5S/c1-13-8-19(32-31-14(13)2)34-22(29-20(35)11-40(3,37)38)21-18(33-34)10-24(30-23(21)36)7-6-15-9-16(4-5-17(15)24)39-12-25(26,27)28/h4-5,8-9H,6-7,10-12H2,1-3H3,(H,29,35)(H,30,36)/t24-/m0/s1. The summed E-state index contributed by atoms with van der Waals surface area (Å²) in [6.07, 6.45) is -2.40. The zero-order valence-electron chi connectivity index (χ0n) is 21.7. The monoisotopic (exact) mass is 578 g/mol. The van der Waals surface area contributed by atoms with Crippen LogP contribution in [-0.4, -0.2) is 65.0 Å². The average Bonchev–Trinajstić information content (AvgIpc) is 3.36. The van der Waals surface area contributed by atoms with Crippen molar-refractivity contribution in [2.24, 2.45) is 0 Å². The van der Waals surface area contributed by atoms with Gasteiger partial charge in [-0.15, -0.1) is 5.10 Å². The highest BCUT2D eigenvalue weighted by Gasteiger charge is 2.47. The third kappa shape index (κ3) is 5.37. The van der Waals surface area contributed by atoms with Crippen molar-refractivity contribution in [1.82, 2.24) is 25.3 Å². The van der Waals surface area contributed by atoms with Crippen LogP contribution in [0.1, 0.15) is 44.9 Å². The van der Waals surface area contributed by atoms with Gasteiger partial charge in [0, 0.05) is 12.7 Å². The molecule has 15 heteroatoms. The topological polar surface area (TPSA) is 145 Å². The summed E-state index contributed by atoms with van der Waals surface area (Å²) in [4.78, 5) is 26.2. The van der Waals surface area contributed by atoms with E-state index in [1.807, 2.05) is 6.92 Å². The van der Waals surface area contributed by atoms with E-state index in [0.717, 1.165) is 22.9 Å². The van der Waals surface area contributed by atoms with Crippen molar-refractivity contribution >= 4 is 27.5 Å². The largest absolute Gasteiger partial charge is 0.484 e. The first-order chi connectivity index (χ1) is 18.6. The summed E-state index contributed by atoms with van der Waals surface area (Å²) >= 11 is 0. The number of carbonyl (C=O) groups is 2. The zero-order chi connectivity index (χ0) is 29.0. The average molecular weight is 579 g/mol. The number of amides is 2. The second-order valence-electron chi connectivity index (χ2n) is 10.1. The maximum Gasteiger partial charge on any atom is 0.422 e. The maximum atomic E-state index is 13.6. The number of nitrogens with zero attached hydrogens (tertiary/aromatic N) is 4. The van der Waals surface area contributed by atoms with Gasteiger partial charge in [0.15, 0.2) is 28.1 Å². The van der Waals surface area contributed by atoms with Crippen molar-refractivity contribution in [2.45, 2.75) is 44.8 Å². The highest BCUT2D eigenvalue weighted by Crippen LogP contribution is 2.44. The number of nitrogens with one attached hydrogen (secondary N) is 2. The van der Waals surface area contributed by atoms with Crippen LogP contribution in [0.25, 0.3) is 5.82 Å². The molecule has 2 aliphatic rings. The SMILES string of the molecule is Cc1cc(-n2nc3c(c2NC(=O)CS(C)(=O)=O)C(=O)N[C@@]2(CCc4cc(OCC(F)(F)F)ccc42)C3)nnc1C. The fourth-order valence-corrected chi connectivity index (χ4v) is 5.60. The molecule has 0 saturated heterocycles. The minimum Gasteiger partial charge on any atom is -0.484 e. The number of anilines is 1. The van der Waals surface area contributed by atoms with Gasteiger partial charge in [0.2, 0.25) is 5.91 Å². The molecular weight excluding hydrogens is 553 g/mol. The van der Waals surface area contributed by atoms with Crippen LogP contribution in [0.3, 0.4) is 0 Å². The van der Waals surface area contributed by atoms with Crippen LogP contribution in [-0.2, 0) is 33.0 Å². The number of aromatic nitrogens is 4. The molecular formula is C25H25F3N6O5S. The predicted octanol–water partition coefficient (Wildman–Crippen LogP) is 2.33. The van der Waals surface area contributed by atoms with Crippen LogP contribution in [0, 0.1) is 13.8 Å². The number of sulfone groups is 1. The highest BCUT2D eigenvalue weighted by molar-refractivity contribution is 7.91. The normalized spacial score (nSPS) is 18.3. The van der Waals surface area contributed by atoms with Crippen LogP contribution in [0.2, 0.25) is 0 Å². The molecule has 1 aliphatic heterocycles. The second-order valence-corrected chi connectivity index (χ2v) is 12.2. The molecule has 2 aromatic heterocycles. The van der Waals surface area contributed by atoms with Gasteiger partial charge in [-0.3, -0.25) is 9.59 Å². The summed E-state index contributed by atoms with van der Waals surface area (Å²) < 4.78 is 67.4. The lowest BCUT2D eigenvalue weighted by Crippen LogP contribution is -2.49. The molecule has 11 nitrogen and oxygen atoms in total. The second kappa shape index (κ2) is 9.57. The number of carbonyl (C=O) groups excluding carboxylic acids is 2. The lowest BCUT2D eigenvalue weighted by atomic mass is 9.82. The van der Waals surface area contributed by atoms with E-state index < -0.39 is 45.7 Å². The molecule has 2 N–H and O–H groups in total. The van der Waals surface area contributed by atoms with Crippen LogP contribution in [0.4, 0.5) is 19.0 Å². The molecule has 1 aromatic carbocycles. The molecule has 0 saturated carbocycles. The quantitative estimate of drug-likeness (QED) is 0.454. The van der Waals surface area contributed by atoms with Crippen molar-refractivity contribution in [3.63, 3.8) is 0 Å². The van der Waals surface area contributed by atoms with Gasteiger partial charge in [-0.25, -0.2) is 8.42 Å². The number of aryl methyl sites for hydroxylation is 3. The number of ether oxygens (including phenoxy) is 1. The molecule has 1 aliphatic carbocycles. The molecule has 0 unspecified atom stereocenters. The Bertz CT molecular complexity index is 1650. The summed E-state index contributed by atoms with van der Waals surface area (Å²) in [5, 5.41) is 18.4. The lowest BCUT2D eigenvalue weighted by molar-refractivity contribution is -0.153. The fourth-order valence-electron chi connectivity index (χ4n) is 5.05. The Balaban J connectivity index is 1.54. The molecule has 1 spiro atoms. The van der Waals surface area contributed by atoms with Gasteiger partial charge in [0.25, 0.3) is 5.91 Å². The molecule has 212 valence electrons. The molecule has 0 bridgehead atoms. The smallest absolute Gasteiger partial charge is 0.422 e. The van der Waals surface area contributed by atoms with Crippen molar-refractivity contribution in [1.29, 1.82) is 0 Å². The maximum absolute atomic E-state index is 13.6. The molecule has 0 fully saturated rings. The lowest BCUT2D eigenvalue weighted by Gasteiger charge is -2.35. The number of rotatable bonds is 6. The van der Waals surface area contributed by atoms with Gasteiger partial charge in [-0.05, 0) is 61.6 Å². The third-order valence-electron chi connectivity index (χ3n) is 6.91.